The molecule has 2 aliphatic rings. The van der Waals surface area contributed by atoms with Gasteiger partial charge in [-0.3, -0.25) is 14.7 Å². The number of rotatable bonds is 4. The van der Waals surface area contributed by atoms with Gasteiger partial charge in [0.2, 0.25) is 0 Å². The van der Waals surface area contributed by atoms with Crippen molar-refractivity contribution >= 4 is 28.4 Å². The van der Waals surface area contributed by atoms with Crippen LogP contribution in [0, 0.1) is 0 Å². The van der Waals surface area contributed by atoms with Gasteiger partial charge in [-0.25, -0.2) is 0 Å². The molecule has 2 fully saturated rings. The van der Waals surface area contributed by atoms with Crippen LogP contribution in [-0.4, -0.2) is 59.5 Å². The van der Waals surface area contributed by atoms with E-state index >= 15 is 0 Å². The third kappa shape index (κ3) is 3.64. The van der Waals surface area contributed by atoms with Gasteiger partial charge in [0.1, 0.15) is 11.3 Å². The fourth-order valence-electron chi connectivity index (χ4n) is 4.07. The lowest BCUT2D eigenvalue weighted by Gasteiger charge is -2.38. The molecule has 1 saturated carbocycles. The molecule has 0 unspecified atom stereocenters. The molecule has 0 radical (unpaired) electrons. The van der Waals surface area contributed by atoms with Crippen LogP contribution in [0.1, 0.15) is 25.7 Å². The zero-order valence-corrected chi connectivity index (χ0v) is 15.6. The van der Waals surface area contributed by atoms with Crippen LogP contribution in [0.5, 0.6) is 5.75 Å². The van der Waals surface area contributed by atoms with Gasteiger partial charge >= 0.3 is 0 Å². The number of carbonyl (C=O) groups excluding carboxylic acids is 1. The lowest BCUT2D eigenvalue weighted by atomic mass is 10.2. The second kappa shape index (κ2) is 7.80. The van der Waals surface area contributed by atoms with Crippen molar-refractivity contribution in [3.63, 3.8) is 0 Å². The standard InChI is InChI=1S/C20H24ClN3O2/c21-17-7-8-18(20-16(17)6-3-9-22-20)26-14-19(25)24-12-10-23(11-13-24)15-4-1-2-5-15/h3,6-9,15H,1-2,4-5,10-14H2. The molecule has 0 N–H and O–H groups in total. The van der Waals surface area contributed by atoms with Crippen LogP contribution in [0.3, 0.4) is 0 Å². The van der Waals surface area contributed by atoms with E-state index in [1.807, 2.05) is 17.0 Å². The Kier molecular flexibility index (Phi) is 5.27. The Morgan fingerprint density at radius 2 is 1.92 bits per heavy atom. The summed E-state index contributed by atoms with van der Waals surface area (Å²) in [5, 5.41) is 1.47. The minimum absolute atomic E-state index is 0.0371. The van der Waals surface area contributed by atoms with E-state index < -0.39 is 0 Å². The van der Waals surface area contributed by atoms with Crippen molar-refractivity contribution in [3.05, 3.63) is 35.5 Å². The van der Waals surface area contributed by atoms with E-state index in [9.17, 15) is 4.79 Å². The average Bonchev–Trinajstić information content (AvgIpc) is 3.22. The minimum Gasteiger partial charge on any atom is -0.481 e. The first-order chi connectivity index (χ1) is 12.7. The molecule has 1 aromatic heterocycles. The number of pyridine rings is 1. The van der Waals surface area contributed by atoms with Crippen LogP contribution < -0.4 is 4.74 Å². The monoisotopic (exact) mass is 373 g/mol. The fourth-order valence-corrected chi connectivity index (χ4v) is 4.28. The first-order valence-corrected chi connectivity index (χ1v) is 9.78. The highest BCUT2D eigenvalue weighted by Crippen LogP contribution is 2.29. The number of hydrogen-bond donors (Lipinski definition) is 0. The number of hydrogen-bond acceptors (Lipinski definition) is 4. The normalized spacial score (nSPS) is 19.2. The van der Waals surface area contributed by atoms with E-state index in [1.54, 1.807) is 18.3 Å². The van der Waals surface area contributed by atoms with Gasteiger partial charge in [0.25, 0.3) is 5.91 Å². The molecule has 5 nitrogen and oxygen atoms in total. The summed E-state index contributed by atoms with van der Waals surface area (Å²) in [6.07, 6.45) is 7.03. The quantitative estimate of drug-likeness (QED) is 0.824. The Hall–Kier alpha value is -1.85. The van der Waals surface area contributed by atoms with Crippen molar-refractivity contribution in [2.24, 2.45) is 0 Å². The maximum absolute atomic E-state index is 12.5. The molecule has 138 valence electrons. The molecule has 2 aromatic rings. The number of fused-ring (bicyclic) bond motifs is 1. The van der Waals surface area contributed by atoms with E-state index in [4.69, 9.17) is 16.3 Å². The Bertz CT molecular complexity index is 784. The van der Waals surface area contributed by atoms with E-state index in [-0.39, 0.29) is 12.5 Å². The number of ether oxygens (including phenoxy) is 1. The van der Waals surface area contributed by atoms with E-state index in [0.29, 0.717) is 16.3 Å². The molecule has 4 rings (SSSR count). The van der Waals surface area contributed by atoms with Crippen LogP contribution in [-0.2, 0) is 4.79 Å². The van der Waals surface area contributed by atoms with E-state index in [1.165, 1.54) is 25.7 Å². The van der Waals surface area contributed by atoms with Gasteiger partial charge in [-0.1, -0.05) is 24.4 Å². The topological polar surface area (TPSA) is 45.7 Å². The van der Waals surface area contributed by atoms with Crippen LogP contribution in [0.15, 0.2) is 30.5 Å². The lowest BCUT2D eigenvalue weighted by Crippen LogP contribution is -2.52. The zero-order valence-electron chi connectivity index (χ0n) is 14.9. The Labute approximate surface area is 158 Å². The second-order valence-corrected chi connectivity index (χ2v) is 7.50. The summed E-state index contributed by atoms with van der Waals surface area (Å²) in [5.74, 6) is 0.637. The molecular weight excluding hydrogens is 350 g/mol. The van der Waals surface area contributed by atoms with Gasteiger partial charge in [-0.2, -0.15) is 0 Å². The summed E-state index contributed by atoms with van der Waals surface area (Å²) in [6.45, 7) is 3.57. The van der Waals surface area contributed by atoms with Gasteiger partial charge in [0, 0.05) is 43.8 Å². The molecule has 0 spiro atoms. The highest BCUT2D eigenvalue weighted by Gasteiger charge is 2.28. The van der Waals surface area contributed by atoms with Crippen molar-refractivity contribution in [3.8, 4) is 5.75 Å². The van der Waals surface area contributed by atoms with Crippen molar-refractivity contribution in [1.29, 1.82) is 0 Å². The molecule has 0 bridgehead atoms. The van der Waals surface area contributed by atoms with Crippen molar-refractivity contribution in [2.75, 3.05) is 32.8 Å². The maximum atomic E-state index is 12.5. The smallest absolute Gasteiger partial charge is 0.260 e. The number of piperazine rings is 1. The second-order valence-electron chi connectivity index (χ2n) is 7.09. The molecule has 1 amide bonds. The van der Waals surface area contributed by atoms with Crippen molar-refractivity contribution in [1.82, 2.24) is 14.8 Å². The molecule has 1 saturated heterocycles. The van der Waals surface area contributed by atoms with Crippen LogP contribution in [0.2, 0.25) is 5.02 Å². The SMILES string of the molecule is O=C(COc1ccc(Cl)c2cccnc12)N1CCN(C2CCCC2)CC1. The highest BCUT2D eigenvalue weighted by molar-refractivity contribution is 6.35. The first-order valence-electron chi connectivity index (χ1n) is 9.40. The van der Waals surface area contributed by atoms with Gasteiger partial charge in [-0.05, 0) is 37.1 Å². The minimum atomic E-state index is 0.0371. The number of benzene rings is 1. The fraction of sp³-hybridized carbons (Fsp3) is 0.500. The Morgan fingerprint density at radius 3 is 2.69 bits per heavy atom. The Morgan fingerprint density at radius 1 is 1.15 bits per heavy atom. The zero-order chi connectivity index (χ0) is 17.9. The van der Waals surface area contributed by atoms with Gasteiger partial charge in [0.15, 0.2) is 6.61 Å². The van der Waals surface area contributed by atoms with E-state index in [2.05, 4.69) is 9.88 Å². The predicted molar refractivity (Wildman–Crippen MR) is 103 cm³/mol. The maximum Gasteiger partial charge on any atom is 0.260 e. The van der Waals surface area contributed by atoms with Gasteiger partial charge in [0.05, 0.1) is 5.02 Å². The number of carbonyl (C=O) groups is 1. The first kappa shape index (κ1) is 17.6. The number of nitrogens with zero attached hydrogens (tertiary/aromatic N) is 3. The molecule has 6 heteroatoms. The molecule has 26 heavy (non-hydrogen) atoms. The molecule has 1 aliphatic heterocycles. The molecule has 2 heterocycles. The van der Waals surface area contributed by atoms with Crippen molar-refractivity contribution in [2.45, 2.75) is 31.7 Å². The number of amides is 1. The average molecular weight is 374 g/mol. The van der Waals surface area contributed by atoms with Crippen LogP contribution in [0.4, 0.5) is 0 Å². The van der Waals surface area contributed by atoms with Crippen LogP contribution in [0.25, 0.3) is 10.9 Å². The molecule has 1 aromatic carbocycles. The van der Waals surface area contributed by atoms with Crippen LogP contribution >= 0.6 is 11.6 Å². The third-order valence-corrected chi connectivity index (χ3v) is 5.87. The lowest BCUT2D eigenvalue weighted by molar-refractivity contribution is -0.135. The molecular formula is C20H24ClN3O2. The summed E-state index contributed by atoms with van der Waals surface area (Å²) < 4.78 is 5.79. The van der Waals surface area contributed by atoms with Crippen molar-refractivity contribution < 1.29 is 9.53 Å². The Balaban J connectivity index is 1.34. The summed E-state index contributed by atoms with van der Waals surface area (Å²) in [4.78, 5) is 21.3. The summed E-state index contributed by atoms with van der Waals surface area (Å²) in [7, 11) is 0. The summed E-state index contributed by atoms with van der Waals surface area (Å²) in [6, 6.07) is 8.04. The number of aromatic nitrogens is 1. The van der Waals surface area contributed by atoms with Gasteiger partial charge in [-0.15, -0.1) is 0 Å². The molecule has 0 atom stereocenters. The van der Waals surface area contributed by atoms with E-state index in [0.717, 1.165) is 37.6 Å². The van der Waals surface area contributed by atoms with Gasteiger partial charge < -0.3 is 9.64 Å². The third-order valence-electron chi connectivity index (χ3n) is 5.54. The number of halogens is 1. The summed E-state index contributed by atoms with van der Waals surface area (Å²) >= 11 is 6.21. The highest BCUT2D eigenvalue weighted by atomic mass is 35.5. The predicted octanol–water partition coefficient (Wildman–Crippen LogP) is 3.35. The summed E-state index contributed by atoms with van der Waals surface area (Å²) in [5.41, 5.74) is 0.693. The molecule has 1 aliphatic carbocycles. The largest absolute Gasteiger partial charge is 0.481 e.